The molecule has 0 bridgehead atoms. The highest BCUT2D eigenvalue weighted by atomic mass is 32.2. The van der Waals surface area contributed by atoms with Crippen molar-refractivity contribution in [1.29, 1.82) is 0 Å². The van der Waals surface area contributed by atoms with Crippen LogP contribution >= 0.6 is 0 Å². The van der Waals surface area contributed by atoms with Crippen LogP contribution in [0, 0.1) is 0 Å². The zero-order valence-electron chi connectivity index (χ0n) is 14.9. The molecule has 0 aliphatic carbocycles. The Kier molecular flexibility index (Phi) is 5.31. The Bertz CT molecular complexity index is 704. The highest BCUT2D eigenvalue weighted by molar-refractivity contribution is 7.86. The second-order valence-electron chi connectivity index (χ2n) is 6.72. The monoisotopic (exact) mass is 366 g/mol. The molecule has 8 heteroatoms. The largest absolute Gasteiger partial charge is 0.372 e. The van der Waals surface area contributed by atoms with E-state index in [0.29, 0.717) is 31.7 Å². The molecule has 0 aromatic heterocycles. The van der Waals surface area contributed by atoms with Gasteiger partial charge in [0, 0.05) is 64.6 Å². The summed E-state index contributed by atoms with van der Waals surface area (Å²) in [6.07, 6.45) is 2.45. The minimum Gasteiger partial charge on any atom is -0.372 e. The molecule has 1 aromatic carbocycles. The second kappa shape index (κ2) is 7.31. The first-order valence-corrected chi connectivity index (χ1v) is 10.1. The lowest BCUT2D eigenvalue weighted by molar-refractivity contribution is 0.0695. The van der Waals surface area contributed by atoms with Crippen molar-refractivity contribution in [3.05, 3.63) is 29.8 Å². The summed E-state index contributed by atoms with van der Waals surface area (Å²) in [7, 11) is -0.360. The molecule has 0 atom stereocenters. The van der Waals surface area contributed by atoms with Crippen LogP contribution in [0.2, 0.25) is 0 Å². The fourth-order valence-corrected chi connectivity index (χ4v) is 4.41. The van der Waals surface area contributed by atoms with Crippen molar-refractivity contribution in [2.75, 3.05) is 58.3 Å². The van der Waals surface area contributed by atoms with Crippen molar-refractivity contribution in [1.82, 2.24) is 13.5 Å². The van der Waals surface area contributed by atoms with Gasteiger partial charge in [0.1, 0.15) is 0 Å². The molecule has 2 aliphatic rings. The number of carbonyl (C=O) groups is 1. The summed E-state index contributed by atoms with van der Waals surface area (Å²) in [4.78, 5) is 16.7. The van der Waals surface area contributed by atoms with E-state index >= 15 is 0 Å². The lowest BCUT2D eigenvalue weighted by atomic mass is 10.1. The highest BCUT2D eigenvalue weighted by Crippen LogP contribution is 2.21. The van der Waals surface area contributed by atoms with Gasteiger partial charge in [-0.05, 0) is 37.1 Å². The van der Waals surface area contributed by atoms with Crippen molar-refractivity contribution in [3.63, 3.8) is 0 Å². The van der Waals surface area contributed by atoms with Crippen molar-refractivity contribution in [2.45, 2.75) is 12.8 Å². The predicted molar refractivity (Wildman–Crippen MR) is 98.0 cm³/mol. The van der Waals surface area contributed by atoms with Crippen LogP contribution in [0.3, 0.4) is 0 Å². The van der Waals surface area contributed by atoms with Crippen molar-refractivity contribution >= 4 is 21.8 Å². The molecule has 2 aliphatic heterocycles. The Morgan fingerprint density at radius 1 is 0.920 bits per heavy atom. The van der Waals surface area contributed by atoms with E-state index in [9.17, 15) is 13.2 Å². The number of piperazine rings is 1. The molecule has 7 nitrogen and oxygen atoms in total. The summed E-state index contributed by atoms with van der Waals surface area (Å²) in [5, 5.41) is 0. The summed E-state index contributed by atoms with van der Waals surface area (Å²) >= 11 is 0. The smallest absolute Gasteiger partial charge is 0.281 e. The van der Waals surface area contributed by atoms with Gasteiger partial charge in [-0.1, -0.05) is 0 Å². The molecule has 0 N–H and O–H groups in total. The summed E-state index contributed by atoms with van der Waals surface area (Å²) in [6.45, 7) is 3.65. The number of amides is 1. The molecule has 2 fully saturated rings. The maximum atomic E-state index is 12.7. The van der Waals surface area contributed by atoms with Gasteiger partial charge in [-0.2, -0.15) is 17.0 Å². The molecule has 3 rings (SSSR count). The summed E-state index contributed by atoms with van der Waals surface area (Å²) in [6, 6.07) is 7.76. The van der Waals surface area contributed by atoms with Gasteiger partial charge in [0.05, 0.1) is 0 Å². The molecule has 2 heterocycles. The topological polar surface area (TPSA) is 64.2 Å². The maximum Gasteiger partial charge on any atom is 0.281 e. The average Bonchev–Trinajstić information content (AvgIpc) is 3.16. The molecule has 1 amide bonds. The van der Waals surface area contributed by atoms with E-state index in [1.54, 1.807) is 4.90 Å². The van der Waals surface area contributed by atoms with Crippen LogP contribution in [0.4, 0.5) is 5.69 Å². The average molecular weight is 366 g/mol. The van der Waals surface area contributed by atoms with E-state index in [1.807, 2.05) is 24.3 Å². The van der Waals surface area contributed by atoms with E-state index < -0.39 is 10.2 Å². The fraction of sp³-hybridized carbons (Fsp3) is 0.588. The molecule has 138 valence electrons. The third kappa shape index (κ3) is 3.80. The molecule has 0 unspecified atom stereocenters. The number of anilines is 1. The zero-order valence-corrected chi connectivity index (χ0v) is 15.7. The van der Waals surface area contributed by atoms with Gasteiger partial charge >= 0.3 is 0 Å². The number of benzene rings is 1. The van der Waals surface area contributed by atoms with E-state index in [0.717, 1.165) is 18.8 Å². The molecule has 2 saturated heterocycles. The fourth-order valence-electron chi connectivity index (χ4n) is 3.33. The molecule has 0 saturated carbocycles. The Morgan fingerprint density at radius 3 is 2.00 bits per heavy atom. The number of hydrogen-bond acceptors (Lipinski definition) is 4. The van der Waals surface area contributed by atoms with E-state index in [4.69, 9.17) is 0 Å². The summed E-state index contributed by atoms with van der Waals surface area (Å²) in [5.41, 5.74) is 1.82. The van der Waals surface area contributed by atoms with Gasteiger partial charge in [-0.3, -0.25) is 4.79 Å². The van der Waals surface area contributed by atoms with Crippen LogP contribution in [-0.4, -0.2) is 81.2 Å². The Labute approximate surface area is 150 Å². The number of hydrogen-bond donors (Lipinski definition) is 0. The molecule has 25 heavy (non-hydrogen) atoms. The van der Waals surface area contributed by atoms with E-state index in [2.05, 4.69) is 4.90 Å². The van der Waals surface area contributed by atoms with Gasteiger partial charge in [0.25, 0.3) is 16.1 Å². The molecular weight excluding hydrogens is 340 g/mol. The van der Waals surface area contributed by atoms with E-state index in [1.165, 1.54) is 35.5 Å². The first-order valence-electron chi connectivity index (χ1n) is 8.71. The van der Waals surface area contributed by atoms with Gasteiger partial charge < -0.3 is 9.80 Å². The van der Waals surface area contributed by atoms with Gasteiger partial charge in [0.2, 0.25) is 0 Å². The normalized spacial score (nSPS) is 19.6. The van der Waals surface area contributed by atoms with Crippen molar-refractivity contribution < 1.29 is 13.2 Å². The quantitative estimate of drug-likeness (QED) is 0.793. The van der Waals surface area contributed by atoms with Crippen molar-refractivity contribution in [3.8, 4) is 0 Å². The molecule has 0 spiro atoms. The Balaban J connectivity index is 1.61. The van der Waals surface area contributed by atoms with Gasteiger partial charge in [-0.15, -0.1) is 0 Å². The van der Waals surface area contributed by atoms with Crippen LogP contribution in [0.1, 0.15) is 23.2 Å². The third-order valence-corrected chi connectivity index (χ3v) is 6.84. The summed E-state index contributed by atoms with van der Waals surface area (Å²) < 4.78 is 26.9. The number of carbonyl (C=O) groups excluding carboxylic acids is 1. The lowest BCUT2D eigenvalue weighted by Gasteiger charge is -2.35. The first-order chi connectivity index (χ1) is 11.9. The standard InChI is InChI=1S/C17H26N4O3S/c1-18(2)25(23,24)21-13-11-20(12-14-21)17(22)15-5-7-16(8-6-15)19-9-3-4-10-19/h5-8H,3-4,9-14H2,1-2H3. The molecule has 1 aromatic rings. The predicted octanol–water partition coefficient (Wildman–Crippen LogP) is 0.851. The molecule has 0 radical (unpaired) electrons. The Morgan fingerprint density at radius 2 is 1.48 bits per heavy atom. The van der Waals surface area contributed by atoms with Crippen LogP contribution in [-0.2, 0) is 10.2 Å². The van der Waals surface area contributed by atoms with Crippen LogP contribution in [0.5, 0.6) is 0 Å². The third-order valence-electron chi connectivity index (χ3n) is 4.90. The van der Waals surface area contributed by atoms with E-state index in [-0.39, 0.29) is 5.91 Å². The Hall–Kier alpha value is -1.64. The van der Waals surface area contributed by atoms with Gasteiger partial charge in [0.15, 0.2) is 0 Å². The minimum absolute atomic E-state index is 0.0325. The maximum absolute atomic E-state index is 12.7. The highest BCUT2D eigenvalue weighted by Gasteiger charge is 2.30. The summed E-state index contributed by atoms with van der Waals surface area (Å²) in [5.74, 6) is -0.0325. The van der Waals surface area contributed by atoms with Crippen LogP contribution < -0.4 is 4.90 Å². The zero-order chi connectivity index (χ0) is 18.0. The van der Waals surface area contributed by atoms with Crippen LogP contribution in [0.25, 0.3) is 0 Å². The second-order valence-corrected chi connectivity index (χ2v) is 8.86. The minimum atomic E-state index is -3.41. The SMILES string of the molecule is CN(C)S(=O)(=O)N1CCN(C(=O)c2ccc(N3CCCC3)cc2)CC1. The van der Waals surface area contributed by atoms with Crippen LogP contribution in [0.15, 0.2) is 24.3 Å². The number of nitrogens with zero attached hydrogens (tertiary/aromatic N) is 4. The first kappa shape index (κ1) is 18.2. The molecular formula is C17H26N4O3S. The van der Waals surface area contributed by atoms with Crippen molar-refractivity contribution in [2.24, 2.45) is 0 Å². The number of rotatable bonds is 4. The lowest BCUT2D eigenvalue weighted by Crippen LogP contribution is -2.53. The van der Waals surface area contributed by atoms with Gasteiger partial charge in [-0.25, -0.2) is 0 Å².